The third-order valence-corrected chi connectivity index (χ3v) is 5.09. The minimum atomic E-state index is -0.904. The molecule has 0 bridgehead atoms. The van der Waals surface area contributed by atoms with Gasteiger partial charge in [0.05, 0.1) is 0 Å². The zero-order valence-electron chi connectivity index (χ0n) is 17.4. The van der Waals surface area contributed by atoms with E-state index in [9.17, 15) is 14.4 Å². The SMILES string of the molecule is Cc1cc(=O)oc2cc(OCC(=O)O[C@H](C)C(=O)NCCC3=CCCCC3)ccc12. The summed E-state index contributed by atoms with van der Waals surface area (Å²) in [6.07, 6.45) is 6.81. The number of carbonyl (C=O) groups excluding carboxylic acids is 2. The van der Waals surface area contributed by atoms with Crippen LogP contribution in [0.15, 0.2) is 45.1 Å². The number of fused-ring (bicyclic) bond motifs is 1. The molecule has 1 aromatic heterocycles. The van der Waals surface area contributed by atoms with E-state index < -0.39 is 17.7 Å². The van der Waals surface area contributed by atoms with E-state index in [2.05, 4.69) is 11.4 Å². The van der Waals surface area contributed by atoms with Gasteiger partial charge in [0.15, 0.2) is 12.7 Å². The summed E-state index contributed by atoms with van der Waals surface area (Å²) in [6.45, 7) is 3.52. The van der Waals surface area contributed by atoms with Crippen LogP contribution in [0.2, 0.25) is 0 Å². The van der Waals surface area contributed by atoms with Crippen LogP contribution >= 0.6 is 0 Å². The van der Waals surface area contributed by atoms with Crippen LogP contribution in [0.25, 0.3) is 11.0 Å². The van der Waals surface area contributed by atoms with Crippen molar-refractivity contribution in [3.63, 3.8) is 0 Å². The largest absolute Gasteiger partial charge is 0.482 e. The standard InChI is InChI=1S/C23H27NO6/c1-15-12-21(25)30-20-13-18(8-9-19(15)20)28-14-22(26)29-16(2)23(27)24-11-10-17-6-4-3-5-7-17/h6,8-9,12-13,16H,3-5,7,10-11,14H2,1-2H3,(H,24,27)/t16-/m1/s1. The minimum absolute atomic E-state index is 0.331. The smallest absolute Gasteiger partial charge is 0.344 e. The third-order valence-electron chi connectivity index (χ3n) is 5.09. The lowest BCUT2D eigenvalue weighted by atomic mass is 9.97. The van der Waals surface area contributed by atoms with Crippen LogP contribution in [-0.4, -0.2) is 31.1 Å². The summed E-state index contributed by atoms with van der Waals surface area (Å²) in [5, 5.41) is 3.59. The maximum absolute atomic E-state index is 12.1. The predicted octanol–water partition coefficient (Wildman–Crippen LogP) is 3.42. The molecular weight excluding hydrogens is 386 g/mol. The van der Waals surface area contributed by atoms with Crippen LogP contribution in [-0.2, 0) is 14.3 Å². The lowest BCUT2D eigenvalue weighted by Crippen LogP contribution is -2.37. The number of benzene rings is 1. The van der Waals surface area contributed by atoms with E-state index in [1.165, 1.54) is 31.4 Å². The van der Waals surface area contributed by atoms with Crippen molar-refractivity contribution in [3.05, 3.63) is 51.9 Å². The molecule has 0 radical (unpaired) electrons. The average molecular weight is 413 g/mol. The van der Waals surface area contributed by atoms with E-state index in [0.717, 1.165) is 30.2 Å². The molecule has 1 heterocycles. The molecule has 7 nitrogen and oxygen atoms in total. The van der Waals surface area contributed by atoms with E-state index in [4.69, 9.17) is 13.9 Å². The Morgan fingerprint density at radius 3 is 2.83 bits per heavy atom. The first-order valence-corrected chi connectivity index (χ1v) is 10.2. The Labute approximate surface area is 175 Å². The molecule has 1 aliphatic carbocycles. The molecule has 1 aliphatic rings. The highest BCUT2D eigenvalue weighted by molar-refractivity contribution is 5.84. The quantitative estimate of drug-likeness (QED) is 0.405. The molecule has 0 spiro atoms. The second kappa shape index (κ2) is 10.1. The number of hydrogen-bond acceptors (Lipinski definition) is 6. The normalized spacial score (nSPS) is 14.7. The summed E-state index contributed by atoms with van der Waals surface area (Å²) in [5.74, 6) is -0.618. The van der Waals surface area contributed by atoms with Crippen molar-refractivity contribution in [3.8, 4) is 5.75 Å². The van der Waals surface area contributed by atoms with Crippen LogP contribution in [0.1, 0.15) is 44.6 Å². The molecule has 30 heavy (non-hydrogen) atoms. The Kier molecular flexibility index (Phi) is 7.27. The third kappa shape index (κ3) is 5.95. The second-order valence-corrected chi connectivity index (χ2v) is 7.48. The zero-order valence-corrected chi connectivity index (χ0v) is 17.4. The molecule has 2 aromatic rings. The number of rotatable bonds is 8. The van der Waals surface area contributed by atoms with Crippen LogP contribution in [0.5, 0.6) is 5.75 Å². The topological polar surface area (TPSA) is 94.8 Å². The highest BCUT2D eigenvalue weighted by Crippen LogP contribution is 2.22. The van der Waals surface area contributed by atoms with Crippen LogP contribution in [0.3, 0.4) is 0 Å². The van der Waals surface area contributed by atoms with Gasteiger partial charge in [-0.05, 0) is 63.6 Å². The van der Waals surface area contributed by atoms with Gasteiger partial charge in [-0.25, -0.2) is 9.59 Å². The lowest BCUT2D eigenvalue weighted by Gasteiger charge is -2.16. The number of aryl methyl sites for hydroxylation is 1. The van der Waals surface area contributed by atoms with Gasteiger partial charge in [-0.2, -0.15) is 0 Å². The number of carbonyl (C=O) groups is 2. The summed E-state index contributed by atoms with van der Waals surface area (Å²) < 4.78 is 15.7. The highest BCUT2D eigenvalue weighted by atomic mass is 16.6. The Morgan fingerprint density at radius 1 is 1.23 bits per heavy atom. The molecule has 7 heteroatoms. The minimum Gasteiger partial charge on any atom is -0.482 e. The van der Waals surface area contributed by atoms with Gasteiger partial charge in [0.1, 0.15) is 11.3 Å². The van der Waals surface area contributed by atoms with Gasteiger partial charge in [-0.3, -0.25) is 4.79 Å². The van der Waals surface area contributed by atoms with Gasteiger partial charge < -0.3 is 19.2 Å². The van der Waals surface area contributed by atoms with Crippen LogP contribution in [0, 0.1) is 6.92 Å². The Bertz CT molecular complexity index is 1010. The first-order valence-electron chi connectivity index (χ1n) is 10.2. The number of esters is 1. The van der Waals surface area contributed by atoms with Crippen molar-refractivity contribution in [2.24, 2.45) is 0 Å². The van der Waals surface area contributed by atoms with Gasteiger partial charge in [0, 0.05) is 24.1 Å². The summed E-state index contributed by atoms with van der Waals surface area (Å²) in [4.78, 5) is 35.6. The van der Waals surface area contributed by atoms with Gasteiger partial charge >= 0.3 is 11.6 Å². The van der Waals surface area contributed by atoms with Crippen molar-refractivity contribution in [2.75, 3.05) is 13.2 Å². The number of amides is 1. The molecule has 1 atom stereocenters. The summed E-state index contributed by atoms with van der Waals surface area (Å²) >= 11 is 0. The van der Waals surface area contributed by atoms with Crippen molar-refractivity contribution in [2.45, 2.75) is 52.1 Å². The monoisotopic (exact) mass is 413 g/mol. The molecule has 0 fully saturated rings. The van der Waals surface area contributed by atoms with Gasteiger partial charge in [-0.1, -0.05) is 11.6 Å². The maximum atomic E-state index is 12.1. The molecule has 3 rings (SSSR count). The molecule has 1 amide bonds. The second-order valence-electron chi connectivity index (χ2n) is 7.48. The summed E-state index contributed by atoms with van der Waals surface area (Å²) in [6, 6.07) is 6.40. The molecular formula is C23H27NO6. The van der Waals surface area contributed by atoms with Crippen molar-refractivity contribution >= 4 is 22.8 Å². The van der Waals surface area contributed by atoms with Crippen molar-refractivity contribution in [1.82, 2.24) is 5.32 Å². The first kappa shape index (κ1) is 21.6. The van der Waals surface area contributed by atoms with Gasteiger partial charge in [0.25, 0.3) is 5.91 Å². The fraction of sp³-hybridized carbons (Fsp3) is 0.435. The summed E-state index contributed by atoms with van der Waals surface area (Å²) in [5.41, 5.74) is 2.11. The van der Waals surface area contributed by atoms with E-state index in [1.807, 2.05) is 6.92 Å². The van der Waals surface area contributed by atoms with E-state index in [0.29, 0.717) is 17.9 Å². The molecule has 1 N–H and O–H groups in total. The van der Waals surface area contributed by atoms with Crippen LogP contribution < -0.4 is 15.7 Å². The van der Waals surface area contributed by atoms with E-state index in [-0.39, 0.29) is 12.5 Å². The molecule has 160 valence electrons. The first-order chi connectivity index (χ1) is 14.4. The Balaban J connectivity index is 1.44. The van der Waals surface area contributed by atoms with E-state index in [1.54, 1.807) is 18.2 Å². The summed E-state index contributed by atoms with van der Waals surface area (Å²) in [7, 11) is 0. The maximum Gasteiger partial charge on any atom is 0.344 e. The van der Waals surface area contributed by atoms with Crippen molar-refractivity contribution < 1.29 is 23.5 Å². The molecule has 0 saturated carbocycles. The molecule has 0 unspecified atom stereocenters. The fourth-order valence-corrected chi connectivity index (χ4v) is 3.44. The van der Waals surface area contributed by atoms with Gasteiger partial charge in [-0.15, -0.1) is 0 Å². The Morgan fingerprint density at radius 2 is 2.07 bits per heavy atom. The molecule has 0 aliphatic heterocycles. The lowest BCUT2D eigenvalue weighted by molar-refractivity contribution is -0.156. The predicted molar refractivity (Wildman–Crippen MR) is 112 cm³/mol. The highest BCUT2D eigenvalue weighted by Gasteiger charge is 2.18. The number of ether oxygens (including phenoxy) is 2. The van der Waals surface area contributed by atoms with E-state index >= 15 is 0 Å². The number of hydrogen-bond donors (Lipinski definition) is 1. The number of allylic oxidation sites excluding steroid dienone is 1. The zero-order chi connectivity index (χ0) is 21.5. The Hall–Kier alpha value is -3.09. The van der Waals surface area contributed by atoms with Crippen molar-refractivity contribution in [1.29, 1.82) is 0 Å². The molecule has 1 aromatic carbocycles. The van der Waals surface area contributed by atoms with Crippen LogP contribution in [0.4, 0.5) is 0 Å². The van der Waals surface area contributed by atoms with Gasteiger partial charge in [0.2, 0.25) is 0 Å². The molecule has 0 saturated heterocycles. The number of nitrogens with one attached hydrogen (secondary N) is 1. The average Bonchev–Trinajstić information content (AvgIpc) is 2.72. The fourth-order valence-electron chi connectivity index (χ4n) is 3.44.